The number of alkyl halides is 2. The summed E-state index contributed by atoms with van der Waals surface area (Å²) in [6.07, 6.45) is 5.62. The van der Waals surface area contributed by atoms with Gasteiger partial charge in [-0.3, -0.25) is 4.90 Å². The van der Waals surface area contributed by atoms with Crippen LogP contribution in [0.4, 0.5) is 8.78 Å². The molecule has 2 rings (SSSR count). The van der Waals surface area contributed by atoms with Crippen LogP contribution < -0.4 is 9.40 Å². The van der Waals surface area contributed by atoms with Crippen LogP contribution in [0.2, 0.25) is 0 Å². The molecule has 0 aliphatic carbocycles. The lowest BCUT2D eigenvalue weighted by Crippen LogP contribution is -2.43. The van der Waals surface area contributed by atoms with E-state index in [-0.39, 0.29) is 5.75 Å². The summed E-state index contributed by atoms with van der Waals surface area (Å²) in [5, 5.41) is 0. The minimum absolute atomic E-state index is 0.185. The molecule has 1 aliphatic heterocycles. The Morgan fingerprint density at radius 1 is 1.28 bits per heavy atom. The van der Waals surface area contributed by atoms with Crippen molar-refractivity contribution in [3.05, 3.63) is 29.8 Å². The van der Waals surface area contributed by atoms with Crippen LogP contribution in [0.25, 0.3) is 0 Å². The van der Waals surface area contributed by atoms with E-state index in [9.17, 15) is 8.78 Å². The maximum Gasteiger partial charge on any atom is 0.387 e. The van der Waals surface area contributed by atoms with E-state index in [1.54, 1.807) is 18.2 Å². The van der Waals surface area contributed by atoms with Gasteiger partial charge in [0.05, 0.1) is 6.54 Å². The first kappa shape index (κ1) is 23.6. The van der Waals surface area contributed by atoms with Crippen LogP contribution in [-0.4, -0.2) is 42.6 Å². The molecule has 1 unspecified atom stereocenters. The molecular formula is C24H37F2N2O+. The Kier molecular flexibility index (Phi) is 8.85. The van der Waals surface area contributed by atoms with Crippen LogP contribution >= 0.6 is 0 Å². The molecule has 1 heterocycles. The van der Waals surface area contributed by atoms with Crippen molar-refractivity contribution < 1.29 is 13.5 Å². The minimum atomic E-state index is -2.84. The molecular weight excluding hydrogens is 370 g/mol. The van der Waals surface area contributed by atoms with E-state index in [0.29, 0.717) is 16.9 Å². The van der Waals surface area contributed by atoms with Crippen molar-refractivity contribution in [2.75, 3.05) is 19.6 Å². The molecule has 1 aromatic rings. The number of hydrogen-bond acceptors (Lipinski definition) is 2. The van der Waals surface area contributed by atoms with Gasteiger partial charge in [-0.05, 0) is 49.3 Å². The van der Waals surface area contributed by atoms with Crippen LogP contribution in [0, 0.1) is 11.3 Å². The molecule has 0 radical (unpaired) electrons. The standard InChI is InChI=1S/C24H37F2N2O/c1-6-7-12-20(17-28-15-10-11-19(16-28)24(3,4)5)27-18(2)21-13-8-9-14-22(21)29-23(25)26/h8-9,13-14,19,23H,6-7,10-12,15-17H2,1-5H3/q+1. The second-order valence-electron chi connectivity index (χ2n) is 9.18. The second-order valence-corrected chi connectivity index (χ2v) is 9.18. The van der Waals surface area contributed by atoms with Crippen molar-refractivity contribution in [3.8, 4) is 5.75 Å². The van der Waals surface area contributed by atoms with E-state index >= 15 is 0 Å². The zero-order chi connectivity index (χ0) is 21.4. The van der Waals surface area contributed by atoms with Crippen LogP contribution in [0.3, 0.4) is 0 Å². The fraction of sp³-hybridized carbons (Fsp3) is 0.667. The van der Waals surface area contributed by atoms with Gasteiger partial charge in [0.1, 0.15) is 11.3 Å². The minimum Gasteiger partial charge on any atom is -0.434 e. The molecule has 0 amide bonds. The normalized spacial score (nSPS) is 17.9. The number of rotatable bonds is 8. The zero-order valence-corrected chi connectivity index (χ0v) is 18.7. The van der Waals surface area contributed by atoms with E-state index in [1.807, 2.05) is 13.0 Å². The number of piperidine rings is 1. The van der Waals surface area contributed by atoms with E-state index < -0.39 is 6.61 Å². The summed E-state index contributed by atoms with van der Waals surface area (Å²) in [5.41, 5.74) is 2.81. The predicted octanol–water partition coefficient (Wildman–Crippen LogP) is 5.55. The summed E-state index contributed by atoms with van der Waals surface area (Å²) < 4.78 is 35.1. The van der Waals surface area contributed by atoms with Gasteiger partial charge < -0.3 is 4.74 Å². The Morgan fingerprint density at radius 2 is 2.00 bits per heavy atom. The van der Waals surface area contributed by atoms with E-state index in [2.05, 4.69) is 32.6 Å². The predicted molar refractivity (Wildman–Crippen MR) is 118 cm³/mol. The molecule has 0 N–H and O–H groups in total. The van der Waals surface area contributed by atoms with Gasteiger partial charge in [0.2, 0.25) is 0 Å². The fourth-order valence-corrected chi connectivity index (χ4v) is 3.98. The molecule has 1 atom stereocenters. The molecule has 1 fully saturated rings. The highest BCUT2D eigenvalue weighted by Crippen LogP contribution is 2.33. The summed E-state index contributed by atoms with van der Waals surface area (Å²) in [4.78, 5) is 2.52. The van der Waals surface area contributed by atoms with Gasteiger partial charge in [0, 0.05) is 19.9 Å². The van der Waals surface area contributed by atoms with Gasteiger partial charge in [0.25, 0.3) is 5.71 Å². The summed E-state index contributed by atoms with van der Waals surface area (Å²) in [5.74, 6) is 0.873. The Balaban J connectivity index is 2.27. The number of unbranched alkanes of at least 4 members (excludes halogenated alkanes) is 1. The lowest BCUT2D eigenvalue weighted by atomic mass is 9.76. The topological polar surface area (TPSA) is 26.6 Å². The molecule has 0 spiro atoms. The molecule has 1 aromatic carbocycles. The van der Waals surface area contributed by atoms with Crippen LogP contribution in [0.5, 0.6) is 5.75 Å². The number of benzene rings is 1. The molecule has 1 saturated heterocycles. The average molecular weight is 408 g/mol. The molecule has 3 nitrogen and oxygen atoms in total. The first-order valence-corrected chi connectivity index (χ1v) is 10.9. The Hall–Kier alpha value is -1.71. The highest BCUT2D eigenvalue weighted by Gasteiger charge is 2.31. The van der Waals surface area contributed by atoms with Gasteiger partial charge in [-0.2, -0.15) is 8.78 Å². The third-order valence-electron chi connectivity index (χ3n) is 5.77. The smallest absolute Gasteiger partial charge is 0.387 e. The van der Waals surface area contributed by atoms with Crippen LogP contribution in [0.1, 0.15) is 72.3 Å². The van der Waals surface area contributed by atoms with Gasteiger partial charge in [-0.25, -0.2) is 0 Å². The number of halogens is 2. The van der Waals surface area contributed by atoms with E-state index in [1.165, 1.54) is 12.8 Å². The molecule has 0 bridgehead atoms. The summed E-state index contributed by atoms with van der Waals surface area (Å²) in [7, 11) is 0. The maximum atomic E-state index is 12.8. The third kappa shape index (κ3) is 7.56. The highest BCUT2D eigenvalue weighted by atomic mass is 19.3. The number of likely N-dealkylation sites (tertiary alicyclic amines) is 1. The van der Waals surface area contributed by atoms with Gasteiger partial charge in [0.15, 0.2) is 0 Å². The number of ether oxygens (including phenoxy) is 1. The van der Waals surface area contributed by atoms with Crippen LogP contribution in [0.15, 0.2) is 24.3 Å². The van der Waals surface area contributed by atoms with Crippen molar-refractivity contribution in [2.45, 2.75) is 73.3 Å². The van der Waals surface area contributed by atoms with Crippen LogP contribution in [-0.2, 0) is 0 Å². The largest absolute Gasteiger partial charge is 0.434 e. The van der Waals surface area contributed by atoms with Crippen molar-refractivity contribution in [2.24, 2.45) is 11.3 Å². The Morgan fingerprint density at radius 3 is 2.66 bits per heavy atom. The first-order chi connectivity index (χ1) is 13.7. The first-order valence-electron chi connectivity index (χ1n) is 10.9. The Labute approximate surface area is 174 Å². The number of para-hydroxylation sites is 1. The SMILES string of the molecule is CCCCC(CN1CCCC(C(C)(C)C)C1)=[N+]=C(C)c1ccccc1OC(F)F. The van der Waals surface area contributed by atoms with Crippen molar-refractivity contribution in [3.63, 3.8) is 0 Å². The zero-order valence-electron chi connectivity index (χ0n) is 18.7. The monoisotopic (exact) mass is 407 g/mol. The van der Waals surface area contributed by atoms with Gasteiger partial charge in [-0.1, -0.05) is 50.9 Å². The molecule has 5 heteroatoms. The molecule has 0 aromatic heterocycles. The second kappa shape index (κ2) is 10.9. The number of nitrogens with zero attached hydrogens (tertiary/aromatic N) is 2. The number of hydrogen-bond donors (Lipinski definition) is 0. The van der Waals surface area contributed by atoms with Crippen molar-refractivity contribution in [1.29, 1.82) is 0 Å². The maximum absolute atomic E-state index is 12.8. The molecule has 29 heavy (non-hydrogen) atoms. The lowest BCUT2D eigenvalue weighted by molar-refractivity contribution is -0.0499. The summed E-state index contributed by atoms with van der Waals surface area (Å²) in [6.45, 7) is 11.2. The fourth-order valence-electron chi connectivity index (χ4n) is 3.98. The van der Waals surface area contributed by atoms with Gasteiger partial charge >= 0.3 is 12.3 Å². The quantitative estimate of drug-likeness (QED) is 0.417. The summed E-state index contributed by atoms with van der Waals surface area (Å²) >= 11 is 0. The summed E-state index contributed by atoms with van der Waals surface area (Å²) in [6, 6.07) is 6.91. The molecule has 162 valence electrons. The van der Waals surface area contributed by atoms with Crippen molar-refractivity contribution in [1.82, 2.24) is 9.57 Å². The average Bonchev–Trinajstić information content (AvgIpc) is 2.65. The Bertz CT molecular complexity index is 718. The third-order valence-corrected chi connectivity index (χ3v) is 5.77. The lowest BCUT2D eigenvalue weighted by Gasteiger charge is -2.39. The molecule has 0 saturated carbocycles. The molecule has 1 aliphatic rings. The highest BCUT2D eigenvalue weighted by molar-refractivity contribution is 6.03. The van der Waals surface area contributed by atoms with E-state index in [4.69, 9.17) is 9.40 Å². The van der Waals surface area contributed by atoms with E-state index in [0.717, 1.165) is 50.3 Å². The van der Waals surface area contributed by atoms with Crippen molar-refractivity contribution >= 4 is 11.4 Å². The van der Waals surface area contributed by atoms with Gasteiger partial charge in [-0.15, -0.1) is 0 Å².